The Bertz CT molecular complexity index is 1180. The normalized spacial score (nSPS) is 19.7. The van der Waals surface area contributed by atoms with Gasteiger partial charge in [-0.15, -0.1) is 10.2 Å². The molecule has 0 unspecified atom stereocenters. The number of carbonyl (C=O) groups excluding carboxylic acids is 1. The van der Waals surface area contributed by atoms with Crippen LogP contribution in [-0.4, -0.2) is 62.2 Å². The number of para-hydroxylation sites is 1. The first kappa shape index (κ1) is 21.6. The van der Waals surface area contributed by atoms with Crippen LogP contribution in [0.5, 0.6) is 5.75 Å². The minimum absolute atomic E-state index is 0.0558. The molecule has 7 heteroatoms. The number of H-pyrrole nitrogens is 1. The number of hydrogen-bond donors (Lipinski definition) is 2. The highest BCUT2D eigenvalue weighted by molar-refractivity contribution is 5.90. The van der Waals surface area contributed by atoms with Crippen molar-refractivity contribution in [1.29, 1.82) is 0 Å². The van der Waals surface area contributed by atoms with E-state index in [1.165, 1.54) is 25.7 Å². The predicted octanol–water partition coefficient (Wildman–Crippen LogP) is 4.21. The van der Waals surface area contributed by atoms with E-state index in [1.54, 1.807) is 18.2 Å². The molecule has 2 aromatic heterocycles. The molecule has 7 nitrogen and oxygen atoms in total. The smallest absolute Gasteiger partial charge is 0.246 e. The van der Waals surface area contributed by atoms with Crippen molar-refractivity contribution in [1.82, 2.24) is 25.0 Å². The van der Waals surface area contributed by atoms with Gasteiger partial charge in [-0.3, -0.25) is 9.69 Å². The second kappa shape index (κ2) is 9.35. The van der Waals surface area contributed by atoms with Crippen LogP contribution in [0.2, 0.25) is 0 Å². The summed E-state index contributed by atoms with van der Waals surface area (Å²) in [5.74, 6) is 0.232. The maximum Gasteiger partial charge on any atom is 0.246 e. The summed E-state index contributed by atoms with van der Waals surface area (Å²) >= 11 is 0. The average Bonchev–Trinajstić information content (AvgIpc) is 2.99. The summed E-state index contributed by atoms with van der Waals surface area (Å²) in [6.07, 6.45) is 9.65. The number of carbonyl (C=O) groups is 1. The molecule has 172 valence electrons. The third-order valence-corrected chi connectivity index (χ3v) is 6.95. The van der Waals surface area contributed by atoms with Gasteiger partial charge in [0.15, 0.2) is 5.65 Å². The van der Waals surface area contributed by atoms with Crippen LogP contribution in [0.15, 0.2) is 42.5 Å². The van der Waals surface area contributed by atoms with Gasteiger partial charge >= 0.3 is 0 Å². The van der Waals surface area contributed by atoms with E-state index in [1.807, 2.05) is 29.2 Å². The summed E-state index contributed by atoms with van der Waals surface area (Å²) < 4.78 is 0. The molecule has 0 saturated carbocycles. The summed E-state index contributed by atoms with van der Waals surface area (Å²) in [5, 5.41) is 19.9. The average molecular weight is 446 g/mol. The molecule has 33 heavy (non-hydrogen) atoms. The van der Waals surface area contributed by atoms with Crippen molar-refractivity contribution < 1.29 is 9.90 Å². The molecule has 1 aromatic carbocycles. The molecule has 5 rings (SSSR count). The summed E-state index contributed by atoms with van der Waals surface area (Å²) in [6.45, 7) is 5.83. The van der Waals surface area contributed by atoms with E-state index >= 15 is 0 Å². The lowest BCUT2D eigenvalue weighted by molar-refractivity contribution is -0.128. The Balaban J connectivity index is 1.37. The molecule has 1 amide bonds. The number of benzene rings is 1. The standard InChI is InChI=1S/C26H31N5O2/c1-18-25-20-17-22(19-9-4-5-10-23(19)32)28-29-26(20)27-21(25)12-16-31(18)24(33)11-8-15-30-13-6-2-3-7-14-30/h4-5,8-11,17-18,32H,2-3,6-7,12-16H2,1H3,(H,27,29)/t18-/m1/s1. The maximum atomic E-state index is 13.1. The fraction of sp³-hybridized carbons (Fsp3) is 0.423. The summed E-state index contributed by atoms with van der Waals surface area (Å²) in [6, 6.07) is 9.03. The maximum absolute atomic E-state index is 13.1. The van der Waals surface area contributed by atoms with Crippen molar-refractivity contribution in [3.8, 4) is 17.0 Å². The van der Waals surface area contributed by atoms with Crippen LogP contribution >= 0.6 is 0 Å². The van der Waals surface area contributed by atoms with Crippen LogP contribution < -0.4 is 0 Å². The van der Waals surface area contributed by atoms with E-state index in [-0.39, 0.29) is 17.7 Å². The Labute approximate surface area is 194 Å². The third-order valence-electron chi connectivity index (χ3n) is 6.95. The Morgan fingerprint density at radius 3 is 2.73 bits per heavy atom. The molecule has 3 aromatic rings. The number of likely N-dealkylation sites (tertiary alicyclic amines) is 1. The van der Waals surface area contributed by atoms with Crippen LogP contribution in [0.25, 0.3) is 22.3 Å². The number of amides is 1. The van der Waals surface area contributed by atoms with Crippen LogP contribution in [-0.2, 0) is 11.2 Å². The van der Waals surface area contributed by atoms with Gasteiger partial charge in [-0.25, -0.2) is 0 Å². The molecule has 0 spiro atoms. The van der Waals surface area contributed by atoms with Gasteiger partial charge in [-0.05, 0) is 51.1 Å². The topological polar surface area (TPSA) is 85.3 Å². The largest absolute Gasteiger partial charge is 0.507 e. The number of nitrogens with one attached hydrogen (secondary N) is 1. The van der Waals surface area contributed by atoms with Crippen LogP contribution in [0.3, 0.4) is 0 Å². The molecular weight excluding hydrogens is 414 g/mol. The van der Waals surface area contributed by atoms with Gasteiger partial charge in [0.25, 0.3) is 0 Å². The van der Waals surface area contributed by atoms with Gasteiger partial charge in [-0.1, -0.05) is 31.1 Å². The fourth-order valence-corrected chi connectivity index (χ4v) is 5.16. The van der Waals surface area contributed by atoms with Crippen molar-refractivity contribution in [2.24, 2.45) is 0 Å². The Morgan fingerprint density at radius 2 is 1.94 bits per heavy atom. The lowest BCUT2D eigenvalue weighted by Gasteiger charge is -2.33. The summed E-state index contributed by atoms with van der Waals surface area (Å²) in [4.78, 5) is 20.8. The molecule has 2 aliphatic heterocycles. The zero-order valence-corrected chi connectivity index (χ0v) is 19.1. The number of hydrogen-bond acceptors (Lipinski definition) is 5. The quantitative estimate of drug-likeness (QED) is 0.588. The highest BCUT2D eigenvalue weighted by Crippen LogP contribution is 2.37. The first-order valence-electron chi connectivity index (χ1n) is 12.0. The van der Waals surface area contributed by atoms with Crippen LogP contribution in [0, 0.1) is 0 Å². The molecule has 2 aliphatic rings. The van der Waals surface area contributed by atoms with E-state index in [2.05, 4.69) is 27.0 Å². The zero-order valence-electron chi connectivity index (χ0n) is 19.1. The van der Waals surface area contributed by atoms with E-state index < -0.39 is 0 Å². The van der Waals surface area contributed by atoms with E-state index in [4.69, 9.17) is 0 Å². The minimum atomic E-state index is -0.0701. The molecular formula is C26H31N5O2. The number of aromatic amines is 1. The van der Waals surface area contributed by atoms with E-state index in [0.717, 1.165) is 48.3 Å². The molecule has 4 heterocycles. The second-order valence-electron chi connectivity index (χ2n) is 9.10. The van der Waals surface area contributed by atoms with Gasteiger partial charge < -0.3 is 15.0 Å². The van der Waals surface area contributed by atoms with E-state index in [9.17, 15) is 9.90 Å². The lowest BCUT2D eigenvalue weighted by Crippen LogP contribution is -2.37. The van der Waals surface area contributed by atoms with Gasteiger partial charge in [0.2, 0.25) is 5.91 Å². The minimum Gasteiger partial charge on any atom is -0.507 e. The molecule has 0 aliphatic carbocycles. The monoisotopic (exact) mass is 445 g/mol. The lowest BCUT2D eigenvalue weighted by atomic mass is 9.96. The van der Waals surface area contributed by atoms with Gasteiger partial charge in [-0.2, -0.15) is 0 Å². The first-order chi connectivity index (χ1) is 16.1. The number of aromatic hydroxyl groups is 1. The molecule has 1 fully saturated rings. The van der Waals surface area contributed by atoms with Gasteiger partial charge in [0, 0.05) is 47.8 Å². The van der Waals surface area contributed by atoms with Crippen molar-refractivity contribution >= 4 is 16.9 Å². The SMILES string of the molecule is C[C@@H]1c2c([nH]c3nnc(-c4ccccc4O)cc23)CCN1C(=O)C=CCN1CCCCCC1. The number of rotatable bonds is 4. The van der Waals surface area contributed by atoms with Gasteiger partial charge in [0.1, 0.15) is 5.75 Å². The first-order valence-corrected chi connectivity index (χ1v) is 12.0. The highest BCUT2D eigenvalue weighted by atomic mass is 16.3. The second-order valence-corrected chi connectivity index (χ2v) is 9.10. The zero-order chi connectivity index (χ0) is 22.8. The number of nitrogens with zero attached hydrogens (tertiary/aromatic N) is 4. The Kier molecular flexibility index (Phi) is 6.13. The highest BCUT2D eigenvalue weighted by Gasteiger charge is 2.30. The summed E-state index contributed by atoms with van der Waals surface area (Å²) in [7, 11) is 0. The van der Waals surface area contributed by atoms with Crippen molar-refractivity contribution in [3.05, 3.63) is 53.7 Å². The Hall–Kier alpha value is -3.19. The molecule has 1 atom stereocenters. The molecule has 2 N–H and O–H groups in total. The third kappa shape index (κ3) is 4.37. The number of fused-ring (bicyclic) bond motifs is 3. The number of aromatic nitrogens is 3. The van der Waals surface area contributed by atoms with Crippen LogP contribution in [0.4, 0.5) is 0 Å². The number of phenols is 1. The van der Waals surface area contributed by atoms with E-state index in [0.29, 0.717) is 17.8 Å². The van der Waals surface area contributed by atoms with Gasteiger partial charge in [0.05, 0.1) is 11.7 Å². The van der Waals surface area contributed by atoms with Crippen molar-refractivity contribution in [2.75, 3.05) is 26.2 Å². The van der Waals surface area contributed by atoms with Crippen molar-refractivity contribution in [2.45, 2.75) is 45.1 Å². The fourth-order valence-electron chi connectivity index (χ4n) is 5.16. The summed E-state index contributed by atoms with van der Waals surface area (Å²) in [5.41, 5.74) is 4.19. The Morgan fingerprint density at radius 1 is 1.15 bits per heavy atom. The molecule has 0 bridgehead atoms. The number of phenolic OH excluding ortho intramolecular Hbond substituents is 1. The molecule has 1 saturated heterocycles. The predicted molar refractivity (Wildman–Crippen MR) is 129 cm³/mol. The molecule has 0 radical (unpaired) electrons. The van der Waals surface area contributed by atoms with Crippen molar-refractivity contribution in [3.63, 3.8) is 0 Å². The van der Waals surface area contributed by atoms with Crippen LogP contribution in [0.1, 0.15) is 49.9 Å².